The van der Waals surface area contributed by atoms with Gasteiger partial charge in [0.05, 0.1) is 11.2 Å². The van der Waals surface area contributed by atoms with Crippen molar-refractivity contribution in [2.75, 3.05) is 0 Å². The summed E-state index contributed by atoms with van der Waals surface area (Å²) in [7, 11) is -0.427. The van der Waals surface area contributed by atoms with Crippen molar-refractivity contribution >= 4 is 23.6 Å². The minimum atomic E-state index is -0.427. The molecule has 5 nitrogen and oxygen atoms in total. The molecule has 2 aromatic heterocycles. The van der Waals surface area contributed by atoms with Gasteiger partial charge in [-0.15, -0.1) is 0 Å². The average Bonchev–Trinajstić information content (AvgIpc) is 2.78. The van der Waals surface area contributed by atoms with E-state index in [-0.39, 0.29) is 11.2 Å². The van der Waals surface area contributed by atoms with Crippen molar-refractivity contribution in [1.82, 2.24) is 9.71 Å². The summed E-state index contributed by atoms with van der Waals surface area (Å²) in [5.41, 5.74) is 0.656. The fourth-order valence-corrected chi connectivity index (χ4v) is 2.14. The molecule has 0 unspecified atom stereocenters. The second kappa shape index (κ2) is 3.74. The molecule has 0 amide bonds. The molecule has 6 heteroatoms. The molecule has 0 aromatic carbocycles. The van der Waals surface area contributed by atoms with Crippen LogP contribution >= 0.6 is 0 Å². The molecule has 3 rings (SSSR count). The zero-order valence-electron chi connectivity index (χ0n) is 11.5. The monoisotopic (exact) mass is 260 g/mol. The fourth-order valence-electron chi connectivity index (χ4n) is 2.14. The Hall–Kier alpha value is -1.53. The highest BCUT2D eigenvalue weighted by Gasteiger charge is 2.51. The Morgan fingerprint density at radius 2 is 1.84 bits per heavy atom. The van der Waals surface area contributed by atoms with Gasteiger partial charge in [0.15, 0.2) is 5.65 Å². The molecule has 1 aliphatic heterocycles. The van der Waals surface area contributed by atoms with Crippen LogP contribution in [0.25, 0.3) is 11.0 Å². The first-order valence-corrected chi connectivity index (χ1v) is 6.32. The van der Waals surface area contributed by atoms with E-state index in [9.17, 15) is 5.21 Å². The van der Waals surface area contributed by atoms with Crippen molar-refractivity contribution < 1.29 is 14.5 Å². The van der Waals surface area contributed by atoms with E-state index in [1.54, 1.807) is 18.5 Å². The second-order valence-corrected chi connectivity index (χ2v) is 5.93. The fraction of sp³-hybridized carbons (Fsp3) is 0.462. The topological polar surface area (TPSA) is 56.5 Å². The lowest BCUT2D eigenvalue weighted by molar-refractivity contribution is 0.00578. The van der Waals surface area contributed by atoms with Gasteiger partial charge in [-0.05, 0) is 39.8 Å². The number of aromatic nitrogens is 2. The van der Waals surface area contributed by atoms with Gasteiger partial charge < -0.3 is 14.5 Å². The van der Waals surface area contributed by atoms with Crippen LogP contribution < -0.4 is 5.46 Å². The van der Waals surface area contributed by atoms with Crippen LogP contribution in [-0.4, -0.2) is 33.2 Å². The standard InChI is InChI=1S/C13H17BN2O3/c1-12(2)13(3,4)19-14(18-12)10-7-9-5-6-16(17)11(9)15-8-10/h5-8,17H,1-4H3. The summed E-state index contributed by atoms with van der Waals surface area (Å²) in [5.74, 6) is 0. The molecule has 1 N–H and O–H groups in total. The van der Waals surface area contributed by atoms with E-state index in [4.69, 9.17) is 9.31 Å². The Kier molecular flexibility index (Phi) is 2.46. The van der Waals surface area contributed by atoms with E-state index < -0.39 is 7.12 Å². The van der Waals surface area contributed by atoms with Crippen LogP contribution in [0.4, 0.5) is 0 Å². The SMILES string of the molecule is CC1(C)OB(c2cnc3c(ccn3O)c2)OC1(C)C. The summed E-state index contributed by atoms with van der Waals surface area (Å²) < 4.78 is 13.0. The maximum Gasteiger partial charge on any atom is 0.496 e. The molecule has 0 spiro atoms. The maximum atomic E-state index is 9.53. The minimum Gasteiger partial charge on any atom is -0.427 e. The summed E-state index contributed by atoms with van der Waals surface area (Å²) >= 11 is 0. The molecule has 0 atom stereocenters. The predicted octanol–water partition coefficient (Wildman–Crippen LogP) is 1.57. The van der Waals surface area contributed by atoms with E-state index in [1.807, 2.05) is 33.8 Å². The normalized spacial score (nSPS) is 21.2. The van der Waals surface area contributed by atoms with Gasteiger partial charge in [-0.25, -0.2) is 4.98 Å². The highest BCUT2D eigenvalue weighted by Crippen LogP contribution is 2.36. The zero-order chi connectivity index (χ0) is 13.8. The number of hydrogen-bond acceptors (Lipinski definition) is 4. The molecule has 3 heterocycles. The summed E-state index contributed by atoms with van der Waals surface area (Å²) in [5, 5.41) is 10.4. The quantitative estimate of drug-likeness (QED) is 0.624. The van der Waals surface area contributed by atoms with Crippen molar-refractivity contribution in [3.63, 3.8) is 0 Å². The van der Waals surface area contributed by atoms with E-state index in [1.165, 1.54) is 0 Å². The summed E-state index contributed by atoms with van der Waals surface area (Å²) in [4.78, 5) is 4.23. The van der Waals surface area contributed by atoms with Crippen LogP contribution in [-0.2, 0) is 9.31 Å². The van der Waals surface area contributed by atoms with E-state index >= 15 is 0 Å². The van der Waals surface area contributed by atoms with Crippen LogP contribution in [0.2, 0.25) is 0 Å². The van der Waals surface area contributed by atoms with Crippen molar-refractivity contribution in [1.29, 1.82) is 0 Å². The van der Waals surface area contributed by atoms with E-state index in [0.29, 0.717) is 5.65 Å². The Bertz CT molecular complexity index is 620. The maximum absolute atomic E-state index is 9.53. The van der Waals surface area contributed by atoms with Crippen molar-refractivity contribution in [2.24, 2.45) is 0 Å². The first-order valence-electron chi connectivity index (χ1n) is 6.32. The molecule has 19 heavy (non-hydrogen) atoms. The average molecular weight is 260 g/mol. The lowest BCUT2D eigenvalue weighted by Gasteiger charge is -2.32. The molecule has 0 radical (unpaired) electrons. The first-order chi connectivity index (χ1) is 8.80. The van der Waals surface area contributed by atoms with Crippen LogP contribution in [0.5, 0.6) is 0 Å². The van der Waals surface area contributed by atoms with E-state index in [0.717, 1.165) is 15.6 Å². The molecule has 2 aromatic rings. The summed E-state index contributed by atoms with van der Waals surface area (Å²) in [6, 6.07) is 3.73. The molecule has 1 aliphatic rings. The molecule has 0 aliphatic carbocycles. The Balaban J connectivity index is 1.98. The number of hydrogen-bond donors (Lipinski definition) is 1. The van der Waals surface area contributed by atoms with Gasteiger partial charge in [0, 0.05) is 23.2 Å². The third-order valence-corrected chi connectivity index (χ3v) is 4.05. The van der Waals surface area contributed by atoms with Crippen molar-refractivity contribution in [3.8, 4) is 0 Å². The van der Waals surface area contributed by atoms with Crippen molar-refractivity contribution in [3.05, 3.63) is 24.5 Å². The third kappa shape index (κ3) is 1.83. The van der Waals surface area contributed by atoms with Crippen LogP contribution in [0.3, 0.4) is 0 Å². The largest absolute Gasteiger partial charge is 0.496 e. The van der Waals surface area contributed by atoms with Gasteiger partial charge in [-0.1, -0.05) is 0 Å². The lowest BCUT2D eigenvalue weighted by atomic mass is 9.80. The Morgan fingerprint density at radius 1 is 1.21 bits per heavy atom. The van der Waals surface area contributed by atoms with Gasteiger partial charge in [-0.3, -0.25) is 0 Å². The molecule has 100 valence electrons. The molecular weight excluding hydrogens is 243 g/mol. The Morgan fingerprint density at radius 3 is 2.47 bits per heavy atom. The smallest absolute Gasteiger partial charge is 0.427 e. The van der Waals surface area contributed by atoms with Crippen LogP contribution in [0.1, 0.15) is 27.7 Å². The highest BCUT2D eigenvalue weighted by atomic mass is 16.7. The molecule has 0 saturated carbocycles. The van der Waals surface area contributed by atoms with E-state index in [2.05, 4.69) is 4.98 Å². The minimum absolute atomic E-state index is 0.366. The molecular formula is C13H17BN2O3. The molecule has 1 saturated heterocycles. The van der Waals surface area contributed by atoms with Gasteiger partial charge >= 0.3 is 7.12 Å². The highest BCUT2D eigenvalue weighted by molar-refractivity contribution is 6.62. The van der Waals surface area contributed by atoms with Gasteiger partial charge in [0.25, 0.3) is 0 Å². The zero-order valence-corrected chi connectivity index (χ0v) is 11.5. The first kappa shape index (κ1) is 12.5. The number of fused-ring (bicyclic) bond motifs is 1. The molecule has 0 bridgehead atoms. The number of pyridine rings is 1. The van der Waals surface area contributed by atoms with Crippen LogP contribution in [0, 0.1) is 0 Å². The van der Waals surface area contributed by atoms with Gasteiger partial charge in [0.1, 0.15) is 0 Å². The molecule has 1 fully saturated rings. The summed E-state index contributed by atoms with van der Waals surface area (Å²) in [6.07, 6.45) is 3.24. The number of nitrogens with zero attached hydrogens (tertiary/aromatic N) is 2. The predicted molar refractivity (Wildman–Crippen MR) is 72.6 cm³/mol. The lowest BCUT2D eigenvalue weighted by Crippen LogP contribution is -2.41. The van der Waals surface area contributed by atoms with Crippen molar-refractivity contribution in [2.45, 2.75) is 38.9 Å². The number of rotatable bonds is 1. The second-order valence-electron chi connectivity index (χ2n) is 5.93. The van der Waals surface area contributed by atoms with Gasteiger partial charge in [-0.2, -0.15) is 4.73 Å². The Labute approximate surface area is 112 Å². The third-order valence-electron chi connectivity index (χ3n) is 4.05. The van der Waals surface area contributed by atoms with Gasteiger partial charge in [0.2, 0.25) is 0 Å². The van der Waals surface area contributed by atoms with Crippen LogP contribution in [0.15, 0.2) is 24.5 Å². The summed E-state index contributed by atoms with van der Waals surface area (Å²) in [6.45, 7) is 8.07.